The number of methoxy groups -OCH3 is 2. The second kappa shape index (κ2) is 9.20. The third kappa shape index (κ3) is 4.25. The van der Waals surface area contributed by atoms with Gasteiger partial charge in [-0.2, -0.15) is 0 Å². The fourth-order valence-corrected chi connectivity index (χ4v) is 6.80. The zero-order valence-electron chi connectivity index (χ0n) is 19.5. The van der Waals surface area contributed by atoms with Crippen molar-refractivity contribution >= 4 is 33.8 Å². The molecule has 2 heterocycles. The van der Waals surface area contributed by atoms with Gasteiger partial charge in [0.2, 0.25) is 0 Å². The Kier molecular flexibility index (Phi) is 6.13. The van der Waals surface area contributed by atoms with Gasteiger partial charge in [-0.05, 0) is 127 Å². The fourth-order valence-electron chi connectivity index (χ4n) is 4.70. The molecule has 0 radical (unpaired) electrons. The highest BCUT2D eigenvalue weighted by atomic mass is 32.1. The second-order valence-corrected chi connectivity index (χ2v) is 10.9. The molecule has 2 aromatic heterocycles. The molecule has 0 unspecified atom stereocenters. The first-order valence-electron chi connectivity index (χ1n) is 11.3. The molecule has 1 aliphatic rings. The van der Waals surface area contributed by atoms with Crippen molar-refractivity contribution in [3.8, 4) is 32.4 Å². The van der Waals surface area contributed by atoms with E-state index < -0.39 is 0 Å². The molecule has 0 amide bonds. The van der Waals surface area contributed by atoms with Crippen LogP contribution in [0.3, 0.4) is 0 Å². The van der Waals surface area contributed by atoms with Crippen LogP contribution >= 0.6 is 22.7 Å². The van der Waals surface area contributed by atoms with E-state index in [4.69, 9.17) is 9.47 Å². The number of rotatable bonds is 6. The van der Waals surface area contributed by atoms with Gasteiger partial charge in [-0.1, -0.05) is 0 Å². The van der Waals surface area contributed by atoms with Crippen LogP contribution in [-0.2, 0) is 0 Å². The zero-order valence-corrected chi connectivity index (χ0v) is 21.2. The summed E-state index contributed by atoms with van der Waals surface area (Å²) in [6.07, 6.45) is 3.54. The lowest BCUT2D eigenvalue weighted by molar-refractivity contribution is 0.415. The predicted molar refractivity (Wildman–Crippen MR) is 143 cm³/mol. The molecule has 0 atom stereocenters. The number of hydrogen-bond acceptors (Lipinski definition) is 4. The van der Waals surface area contributed by atoms with Gasteiger partial charge in [-0.3, -0.25) is 0 Å². The largest absolute Gasteiger partial charge is 0.497 e. The van der Waals surface area contributed by atoms with E-state index in [0.29, 0.717) is 0 Å². The van der Waals surface area contributed by atoms with Gasteiger partial charge in [0.05, 0.1) is 14.2 Å². The minimum atomic E-state index is 0.897. The minimum Gasteiger partial charge on any atom is -0.497 e. The monoisotopic (exact) mass is 472 g/mol. The standard InChI is InChI=1S/C29H28O2S2/c1-18-26(16-28(32-18)20-8-12-22(30-3)13-9-20)24-6-5-7-25(24)27-17-29(33-19(27)2)21-10-14-23(31-4)15-11-21/h8-17H,5-7H2,1-4H3. The average molecular weight is 473 g/mol. The van der Waals surface area contributed by atoms with Crippen LogP contribution in [0.5, 0.6) is 11.5 Å². The van der Waals surface area contributed by atoms with E-state index >= 15 is 0 Å². The molecule has 0 bridgehead atoms. The minimum absolute atomic E-state index is 0.897. The van der Waals surface area contributed by atoms with Crippen molar-refractivity contribution in [2.75, 3.05) is 14.2 Å². The Labute approximate surface area is 204 Å². The summed E-state index contributed by atoms with van der Waals surface area (Å²) in [5.74, 6) is 1.79. The maximum absolute atomic E-state index is 5.33. The van der Waals surface area contributed by atoms with Crippen LogP contribution in [0, 0.1) is 13.8 Å². The van der Waals surface area contributed by atoms with Gasteiger partial charge in [0, 0.05) is 19.5 Å². The number of benzene rings is 2. The van der Waals surface area contributed by atoms with Crippen molar-refractivity contribution in [1.82, 2.24) is 0 Å². The molecular formula is C29H28O2S2. The normalized spacial score (nSPS) is 13.6. The maximum atomic E-state index is 5.33. The SMILES string of the molecule is COc1ccc(-c2cc(C3=C(c4cc(-c5ccc(OC)cc5)sc4C)CCC3)c(C)s2)cc1. The summed E-state index contributed by atoms with van der Waals surface area (Å²) in [5.41, 5.74) is 8.42. The quantitative estimate of drug-likeness (QED) is 0.279. The van der Waals surface area contributed by atoms with Gasteiger partial charge < -0.3 is 9.47 Å². The summed E-state index contributed by atoms with van der Waals surface area (Å²) >= 11 is 3.78. The Balaban J connectivity index is 1.51. The lowest BCUT2D eigenvalue weighted by Crippen LogP contribution is -1.86. The number of allylic oxidation sites excluding steroid dienone is 2. The summed E-state index contributed by atoms with van der Waals surface area (Å²) in [6.45, 7) is 4.53. The van der Waals surface area contributed by atoms with Crippen LogP contribution in [0.4, 0.5) is 0 Å². The van der Waals surface area contributed by atoms with E-state index in [2.05, 4.69) is 50.2 Å². The van der Waals surface area contributed by atoms with Crippen LogP contribution < -0.4 is 9.47 Å². The van der Waals surface area contributed by atoms with Gasteiger partial charge in [-0.25, -0.2) is 0 Å². The molecule has 0 saturated carbocycles. The smallest absolute Gasteiger partial charge is 0.118 e. The summed E-state index contributed by atoms with van der Waals surface area (Å²) in [6, 6.07) is 21.6. The molecule has 0 N–H and O–H groups in total. The van der Waals surface area contributed by atoms with E-state index in [-0.39, 0.29) is 0 Å². The van der Waals surface area contributed by atoms with E-state index in [0.717, 1.165) is 24.3 Å². The Bertz CT molecular complexity index is 1200. The first-order valence-corrected chi connectivity index (χ1v) is 12.9. The van der Waals surface area contributed by atoms with Gasteiger partial charge >= 0.3 is 0 Å². The molecule has 168 valence electrons. The topological polar surface area (TPSA) is 18.5 Å². The summed E-state index contributed by atoms with van der Waals surface area (Å²) < 4.78 is 10.7. The predicted octanol–water partition coefficient (Wildman–Crippen LogP) is 8.87. The van der Waals surface area contributed by atoms with E-state index in [9.17, 15) is 0 Å². The molecule has 2 nitrogen and oxygen atoms in total. The van der Waals surface area contributed by atoms with Crippen molar-refractivity contribution in [2.45, 2.75) is 33.1 Å². The highest BCUT2D eigenvalue weighted by molar-refractivity contribution is 7.16. The lowest BCUT2D eigenvalue weighted by atomic mass is 9.96. The Morgan fingerprint density at radius 3 is 1.36 bits per heavy atom. The molecule has 5 rings (SSSR count). The first-order chi connectivity index (χ1) is 16.1. The summed E-state index contributed by atoms with van der Waals surface area (Å²) in [4.78, 5) is 5.45. The van der Waals surface area contributed by atoms with Gasteiger partial charge in [0.1, 0.15) is 11.5 Å². The Morgan fingerprint density at radius 2 is 1.00 bits per heavy atom. The number of aryl methyl sites for hydroxylation is 2. The van der Waals surface area contributed by atoms with Crippen LogP contribution in [0.1, 0.15) is 40.1 Å². The molecule has 0 saturated heterocycles. The second-order valence-electron chi connectivity index (χ2n) is 8.43. The van der Waals surface area contributed by atoms with Crippen LogP contribution in [0.2, 0.25) is 0 Å². The third-order valence-corrected chi connectivity index (χ3v) is 8.65. The average Bonchev–Trinajstić information content (AvgIpc) is 3.57. The molecule has 33 heavy (non-hydrogen) atoms. The molecular weight excluding hydrogens is 444 g/mol. The van der Waals surface area contributed by atoms with Gasteiger partial charge in [0.15, 0.2) is 0 Å². The van der Waals surface area contributed by atoms with E-state index in [1.807, 2.05) is 46.9 Å². The lowest BCUT2D eigenvalue weighted by Gasteiger charge is -2.07. The zero-order chi connectivity index (χ0) is 22.9. The number of thiophene rings is 2. The Morgan fingerprint density at radius 1 is 0.606 bits per heavy atom. The van der Waals surface area contributed by atoms with Crippen molar-refractivity contribution < 1.29 is 9.47 Å². The van der Waals surface area contributed by atoms with Gasteiger partial charge in [-0.15, -0.1) is 22.7 Å². The third-order valence-electron chi connectivity index (χ3n) is 6.45. The Hall–Kier alpha value is -2.82. The number of ether oxygens (including phenoxy) is 2. The summed E-state index contributed by atoms with van der Waals surface area (Å²) in [5, 5.41) is 0. The van der Waals surface area contributed by atoms with Crippen molar-refractivity contribution in [3.05, 3.63) is 81.5 Å². The van der Waals surface area contributed by atoms with Crippen LogP contribution in [0.25, 0.3) is 32.0 Å². The molecule has 4 heteroatoms. The molecule has 0 spiro atoms. The van der Waals surface area contributed by atoms with E-state index in [1.54, 1.807) is 14.2 Å². The maximum Gasteiger partial charge on any atom is 0.118 e. The van der Waals surface area contributed by atoms with E-state index in [1.165, 1.54) is 59.3 Å². The fraction of sp³-hybridized carbons (Fsp3) is 0.241. The van der Waals surface area contributed by atoms with Gasteiger partial charge in [0.25, 0.3) is 0 Å². The first kappa shape index (κ1) is 22.0. The molecule has 4 aromatic rings. The summed E-state index contributed by atoms with van der Waals surface area (Å²) in [7, 11) is 3.42. The molecule has 2 aromatic carbocycles. The van der Waals surface area contributed by atoms with Crippen molar-refractivity contribution in [2.24, 2.45) is 0 Å². The highest BCUT2D eigenvalue weighted by Crippen LogP contribution is 2.47. The molecule has 0 fully saturated rings. The van der Waals surface area contributed by atoms with Crippen LogP contribution in [-0.4, -0.2) is 14.2 Å². The van der Waals surface area contributed by atoms with Crippen LogP contribution in [0.15, 0.2) is 60.7 Å². The highest BCUT2D eigenvalue weighted by Gasteiger charge is 2.23. The molecule has 1 aliphatic carbocycles. The van der Waals surface area contributed by atoms with Crippen molar-refractivity contribution in [1.29, 1.82) is 0 Å². The van der Waals surface area contributed by atoms with Crippen molar-refractivity contribution in [3.63, 3.8) is 0 Å². The number of hydrogen-bond donors (Lipinski definition) is 0. The molecule has 0 aliphatic heterocycles.